The molecule has 0 atom stereocenters. The number of aryl methyl sites for hydroxylation is 1. The summed E-state index contributed by atoms with van der Waals surface area (Å²) in [5, 5.41) is 6.80. The number of fused-ring (bicyclic) bond motifs is 1. The van der Waals surface area contributed by atoms with Gasteiger partial charge in [-0.2, -0.15) is 0 Å². The Labute approximate surface area is 159 Å². The third kappa shape index (κ3) is 3.54. The van der Waals surface area contributed by atoms with Crippen molar-refractivity contribution in [3.8, 4) is 10.7 Å². The molecule has 0 unspecified atom stereocenters. The maximum atomic E-state index is 12.7. The Kier molecular flexibility index (Phi) is 4.84. The summed E-state index contributed by atoms with van der Waals surface area (Å²) in [4.78, 5) is 26.5. The average Bonchev–Trinajstić information content (AvgIpc) is 3.44. The molecule has 0 saturated heterocycles. The predicted octanol–water partition coefficient (Wildman–Crippen LogP) is 2.52. The fourth-order valence-corrected chi connectivity index (χ4v) is 3.59. The number of pyridine rings is 1. The van der Waals surface area contributed by atoms with Gasteiger partial charge in [0.25, 0.3) is 5.91 Å². The number of nitrogens with zero attached hydrogens (tertiary/aromatic N) is 5. The van der Waals surface area contributed by atoms with E-state index in [4.69, 9.17) is 0 Å². The first kappa shape index (κ1) is 17.2. The quantitative estimate of drug-likeness (QED) is 0.480. The summed E-state index contributed by atoms with van der Waals surface area (Å²) in [6.07, 6.45) is 9.92. The van der Waals surface area contributed by atoms with Gasteiger partial charge in [0.1, 0.15) is 0 Å². The zero-order valence-corrected chi connectivity index (χ0v) is 15.6. The lowest BCUT2D eigenvalue weighted by Gasteiger charge is -2.04. The smallest absolute Gasteiger partial charge is 0.272 e. The lowest BCUT2D eigenvalue weighted by Crippen LogP contribution is -2.25. The van der Waals surface area contributed by atoms with Gasteiger partial charge in [0.15, 0.2) is 16.6 Å². The maximum Gasteiger partial charge on any atom is 0.272 e. The van der Waals surface area contributed by atoms with Gasteiger partial charge in [0.05, 0.1) is 22.9 Å². The van der Waals surface area contributed by atoms with Crippen molar-refractivity contribution in [2.24, 2.45) is 0 Å². The second kappa shape index (κ2) is 7.58. The van der Waals surface area contributed by atoms with Crippen LogP contribution in [0.25, 0.3) is 16.2 Å². The highest BCUT2D eigenvalue weighted by atomic mass is 32.1. The number of carbonyl (C=O) groups is 1. The lowest BCUT2D eigenvalue weighted by atomic mass is 10.3. The molecule has 0 spiro atoms. The highest BCUT2D eigenvalue weighted by Crippen LogP contribution is 2.29. The monoisotopic (exact) mass is 381 g/mol. The fraction of sp³-hybridized carbons (Fsp3) is 0.222. The molecule has 4 rings (SSSR count). The molecule has 0 bridgehead atoms. The molecule has 0 aliphatic carbocycles. The van der Waals surface area contributed by atoms with Gasteiger partial charge in [-0.1, -0.05) is 17.4 Å². The van der Waals surface area contributed by atoms with E-state index in [0.29, 0.717) is 18.1 Å². The Morgan fingerprint density at radius 3 is 3.00 bits per heavy atom. The van der Waals surface area contributed by atoms with Gasteiger partial charge in [-0.05, 0) is 18.6 Å². The van der Waals surface area contributed by atoms with Crippen molar-refractivity contribution in [2.45, 2.75) is 13.0 Å². The molecule has 8 nitrogen and oxygen atoms in total. The average molecular weight is 381 g/mol. The molecule has 4 aromatic rings. The van der Waals surface area contributed by atoms with Crippen molar-refractivity contribution < 1.29 is 4.79 Å². The normalized spacial score (nSPS) is 11.0. The van der Waals surface area contributed by atoms with E-state index in [1.54, 1.807) is 18.7 Å². The molecular formula is C18H19N7OS. The van der Waals surface area contributed by atoms with Crippen LogP contribution in [0.15, 0.2) is 49.3 Å². The second-order valence-corrected chi connectivity index (χ2v) is 6.96. The molecule has 2 N–H and O–H groups in total. The van der Waals surface area contributed by atoms with Gasteiger partial charge in [-0.25, -0.2) is 15.0 Å². The molecule has 0 aromatic carbocycles. The molecule has 0 radical (unpaired) electrons. The summed E-state index contributed by atoms with van der Waals surface area (Å²) in [5.41, 5.74) is 1.20. The van der Waals surface area contributed by atoms with Gasteiger partial charge in [0, 0.05) is 38.7 Å². The zero-order chi connectivity index (χ0) is 18.6. The van der Waals surface area contributed by atoms with Crippen LogP contribution in [0.5, 0.6) is 0 Å². The lowest BCUT2D eigenvalue weighted by molar-refractivity contribution is 0.0950. The Morgan fingerprint density at radius 2 is 2.22 bits per heavy atom. The Hall–Kier alpha value is -3.20. The van der Waals surface area contributed by atoms with Crippen LogP contribution in [-0.4, -0.2) is 43.4 Å². The van der Waals surface area contributed by atoms with E-state index >= 15 is 0 Å². The third-order valence-corrected chi connectivity index (χ3v) is 5.15. The molecule has 0 saturated carbocycles. The van der Waals surface area contributed by atoms with Crippen LogP contribution in [-0.2, 0) is 6.54 Å². The number of rotatable bonds is 7. The van der Waals surface area contributed by atoms with Crippen LogP contribution in [0, 0.1) is 0 Å². The summed E-state index contributed by atoms with van der Waals surface area (Å²) in [5.74, 6) is 0.544. The Balaban J connectivity index is 1.53. The number of carbonyl (C=O) groups excluding carboxylic acids is 1. The molecule has 138 valence electrons. The summed E-state index contributed by atoms with van der Waals surface area (Å²) in [7, 11) is 1.83. The number of thiazole rings is 1. The molecule has 0 fully saturated rings. The minimum absolute atomic E-state index is 0.172. The number of imidazole rings is 2. The Bertz CT molecular complexity index is 1050. The number of aromatic nitrogens is 5. The molecule has 27 heavy (non-hydrogen) atoms. The molecule has 4 aromatic heterocycles. The van der Waals surface area contributed by atoms with E-state index in [9.17, 15) is 4.79 Å². The van der Waals surface area contributed by atoms with Crippen molar-refractivity contribution in [3.05, 3.63) is 55.0 Å². The van der Waals surface area contributed by atoms with E-state index in [2.05, 4.69) is 25.6 Å². The van der Waals surface area contributed by atoms with Crippen molar-refractivity contribution in [3.63, 3.8) is 0 Å². The van der Waals surface area contributed by atoms with Gasteiger partial charge >= 0.3 is 0 Å². The first-order chi connectivity index (χ1) is 13.3. The second-order valence-electron chi connectivity index (χ2n) is 5.93. The number of amides is 1. The minimum Gasteiger partial charge on any atom is -0.365 e. The third-order valence-electron chi connectivity index (χ3n) is 4.14. The van der Waals surface area contributed by atoms with Crippen molar-refractivity contribution in [2.75, 3.05) is 18.9 Å². The summed E-state index contributed by atoms with van der Waals surface area (Å²) in [6, 6.07) is 5.73. The molecule has 0 aliphatic rings. The molecule has 1 amide bonds. The number of hydrogen-bond acceptors (Lipinski definition) is 6. The van der Waals surface area contributed by atoms with Crippen molar-refractivity contribution in [1.82, 2.24) is 29.2 Å². The van der Waals surface area contributed by atoms with Gasteiger partial charge in [-0.15, -0.1) is 0 Å². The summed E-state index contributed by atoms with van der Waals surface area (Å²) < 4.78 is 3.91. The predicted molar refractivity (Wildman–Crippen MR) is 105 cm³/mol. The van der Waals surface area contributed by atoms with Crippen LogP contribution in [0.1, 0.15) is 16.9 Å². The van der Waals surface area contributed by atoms with Crippen molar-refractivity contribution >= 4 is 27.9 Å². The number of hydrogen-bond donors (Lipinski definition) is 2. The van der Waals surface area contributed by atoms with Gasteiger partial charge < -0.3 is 15.2 Å². The SMILES string of the molecule is CNc1ncc(-c2nc(C(=O)NCCCn3ccnc3)c3ccccn23)s1. The van der Waals surface area contributed by atoms with E-state index < -0.39 is 0 Å². The molecular weight excluding hydrogens is 362 g/mol. The largest absolute Gasteiger partial charge is 0.365 e. The first-order valence-corrected chi connectivity index (χ1v) is 9.43. The van der Waals surface area contributed by atoms with E-state index in [1.807, 2.05) is 46.6 Å². The maximum absolute atomic E-state index is 12.7. The highest BCUT2D eigenvalue weighted by Gasteiger charge is 2.19. The van der Waals surface area contributed by atoms with Gasteiger partial charge in [0.2, 0.25) is 0 Å². The van der Waals surface area contributed by atoms with E-state index in [-0.39, 0.29) is 5.91 Å². The number of nitrogens with one attached hydrogen (secondary N) is 2. The molecule has 9 heteroatoms. The zero-order valence-electron chi connectivity index (χ0n) is 14.8. The van der Waals surface area contributed by atoms with Crippen LogP contribution in [0.3, 0.4) is 0 Å². The van der Waals surface area contributed by atoms with Crippen LogP contribution >= 0.6 is 11.3 Å². The molecule has 4 heterocycles. The van der Waals surface area contributed by atoms with Crippen molar-refractivity contribution in [1.29, 1.82) is 0 Å². The fourth-order valence-electron chi connectivity index (χ4n) is 2.84. The van der Waals surface area contributed by atoms with Gasteiger partial charge in [-0.3, -0.25) is 9.20 Å². The summed E-state index contributed by atoms with van der Waals surface area (Å²) in [6.45, 7) is 1.38. The minimum atomic E-state index is -0.172. The highest BCUT2D eigenvalue weighted by molar-refractivity contribution is 7.18. The first-order valence-electron chi connectivity index (χ1n) is 8.61. The van der Waals surface area contributed by atoms with Crippen LogP contribution in [0.2, 0.25) is 0 Å². The molecule has 0 aliphatic heterocycles. The Morgan fingerprint density at radius 1 is 1.30 bits per heavy atom. The van der Waals surface area contributed by atoms with Crippen LogP contribution < -0.4 is 10.6 Å². The standard InChI is InChI=1S/C18H19N7OS/c1-19-18-22-11-14(27-18)16-23-15(13-5-2-3-9-25(13)16)17(26)21-6-4-8-24-10-7-20-12-24/h2-3,5,7,9-12H,4,6,8H2,1H3,(H,19,22)(H,21,26). The van der Waals surface area contributed by atoms with E-state index in [1.165, 1.54) is 11.3 Å². The number of anilines is 1. The summed E-state index contributed by atoms with van der Waals surface area (Å²) >= 11 is 1.50. The topological polar surface area (TPSA) is 89.1 Å². The van der Waals surface area contributed by atoms with Crippen LogP contribution in [0.4, 0.5) is 5.13 Å². The van der Waals surface area contributed by atoms with E-state index in [0.717, 1.165) is 28.5 Å².